The highest BCUT2D eigenvalue weighted by molar-refractivity contribution is 6.31. The fourth-order valence-electron chi connectivity index (χ4n) is 2.97. The molecule has 104 valence electrons. The van der Waals surface area contributed by atoms with Crippen molar-refractivity contribution in [1.82, 2.24) is 0 Å². The number of benzene rings is 2. The number of halogens is 2. The third-order valence-electron chi connectivity index (χ3n) is 3.99. The summed E-state index contributed by atoms with van der Waals surface area (Å²) in [5, 5.41) is 0.402. The van der Waals surface area contributed by atoms with Crippen LogP contribution in [0.5, 0.6) is 0 Å². The topological polar surface area (TPSA) is 26.0 Å². The van der Waals surface area contributed by atoms with Crippen LogP contribution in [0.15, 0.2) is 36.4 Å². The van der Waals surface area contributed by atoms with E-state index in [1.165, 1.54) is 30.0 Å². The SMILES string of the molecule is NC(Cc1ccc2c(c1)CCC2)c1c(F)cccc1Cl. The standard InChI is InChI=1S/C17H17ClFN/c18-14-5-2-6-15(19)17(14)16(20)10-11-7-8-12-3-1-4-13(12)9-11/h2,5-9,16H,1,3-4,10,20H2. The quantitative estimate of drug-likeness (QED) is 0.900. The fraction of sp³-hybridized carbons (Fsp3) is 0.294. The molecule has 0 saturated carbocycles. The van der Waals surface area contributed by atoms with E-state index in [2.05, 4.69) is 18.2 Å². The van der Waals surface area contributed by atoms with Crippen molar-refractivity contribution in [3.05, 3.63) is 69.5 Å². The molecule has 0 heterocycles. The van der Waals surface area contributed by atoms with Gasteiger partial charge < -0.3 is 5.73 Å². The Balaban J connectivity index is 1.84. The molecule has 2 aromatic rings. The molecule has 0 aliphatic heterocycles. The van der Waals surface area contributed by atoms with Crippen molar-refractivity contribution in [2.45, 2.75) is 31.7 Å². The second-order valence-electron chi connectivity index (χ2n) is 5.40. The lowest BCUT2D eigenvalue weighted by atomic mass is 9.97. The summed E-state index contributed by atoms with van der Waals surface area (Å²) in [6, 6.07) is 10.8. The molecule has 1 nitrogen and oxygen atoms in total. The van der Waals surface area contributed by atoms with Gasteiger partial charge in [-0.15, -0.1) is 0 Å². The van der Waals surface area contributed by atoms with E-state index in [-0.39, 0.29) is 5.82 Å². The zero-order chi connectivity index (χ0) is 14.1. The predicted octanol–water partition coefficient (Wildman–Crippen LogP) is 4.21. The zero-order valence-corrected chi connectivity index (χ0v) is 12.0. The third-order valence-corrected chi connectivity index (χ3v) is 4.32. The Labute approximate surface area is 123 Å². The van der Waals surface area contributed by atoms with Crippen LogP contribution in [0.25, 0.3) is 0 Å². The van der Waals surface area contributed by atoms with Gasteiger partial charge in [0.25, 0.3) is 0 Å². The predicted molar refractivity (Wildman–Crippen MR) is 80.5 cm³/mol. The first-order valence-corrected chi connectivity index (χ1v) is 7.33. The second-order valence-corrected chi connectivity index (χ2v) is 5.81. The lowest BCUT2D eigenvalue weighted by Gasteiger charge is -2.15. The average molecular weight is 290 g/mol. The van der Waals surface area contributed by atoms with Gasteiger partial charge in [0.05, 0.1) is 0 Å². The Morgan fingerprint density at radius 1 is 1.15 bits per heavy atom. The summed E-state index contributed by atoms with van der Waals surface area (Å²) in [6.07, 6.45) is 4.14. The van der Waals surface area contributed by atoms with Crippen LogP contribution >= 0.6 is 11.6 Å². The molecule has 1 aliphatic rings. The number of nitrogens with two attached hydrogens (primary N) is 1. The first kappa shape index (κ1) is 13.6. The van der Waals surface area contributed by atoms with Crippen LogP contribution in [-0.2, 0) is 19.3 Å². The molecule has 3 rings (SSSR count). The fourth-order valence-corrected chi connectivity index (χ4v) is 3.28. The van der Waals surface area contributed by atoms with Crippen LogP contribution in [0.3, 0.4) is 0 Å². The van der Waals surface area contributed by atoms with Crippen LogP contribution in [0.4, 0.5) is 4.39 Å². The van der Waals surface area contributed by atoms with Crippen molar-refractivity contribution in [3.63, 3.8) is 0 Å². The molecule has 0 fully saturated rings. The van der Waals surface area contributed by atoms with E-state index >= 15 is 0 Å². The summed E-state index contributed by atoms with van der Waals surface area (Å²) >= 11 is 6.06. The molecule has 0 aromatic heterocycles. The maximum absolute atomic E-state index is 13.9. The van der Waals surface area contributed by atoms with Crippen LogP contribution in [-0.4, -0.2) is 0 Å². The second kappa shape index (κ2) is 5.55. The van der Waals surface area contributed by atoms with E-state index in [1.807, 2.05) is 0 Å². The monoisotopic (exact) mass is 289 g/mol. The van der Waals surface area contributed by atoms with Crippen molar-refractivity contribution in [2.24, 2.45) is 5.73 Å². The van der Waals surface area contributed by atoms with E-state index in [1.54, 1.807) is 12.1 Å². The summed E-state index contributed by atoms with van der Waals surface area (Å²) in [4.78, 5) is 0. The van der Waals surface area contributed by atoms with Crippen LogP contribution < -0.4 is 5.73 Å². The van der Waals surface area contributed by atoms with Gasteiger partial charge in [0.2, 0.25) is 0 Å². The first-order chi connectivity index (χ1) is 9.65. The highest BCUT2D eigenvalue weighted by atomic mass is 35.5. The van der Waals surface area contributed by atoms with E-state index in [0.29, 0.717) is 17.0 Å². The highest BCUT2D eigenvalue weighted by Crippen LogP contribution is 2.28. The molecular weight excluding hydrogens is 273 g/mol. The first-order valence-electron chi connectivity index (χ1n) is 6.95. The van der Waals surface area contributed by atoms with E-state index in [4.69, 9.17) is 17.3 Å². The smallest absolute Gasteiger partial charge is 0.129 e. The molecule has 20 heavy (non-hydrogen) atoms. The number of hydrogen-bond donors (Lipinski definition) is 1. The molecule has 0 spiro atoms. The number of rotatable bonds is 3. The Morgan fingerprint density at radius 3 is 2.75 bits per heavy atom. The Bertz CT molecular complexity index is 619. The van der Waals surface area contributed by atoms with Gasteiger partial charge >= 0.3 is 0 Å². The van der Waals surface area contributed by atoms with Crippen molar-refractivity contribution in [1.29, 1.82) is 0 Å². The highest BCUT2D eigenvalue weighted by Gasteiger charge is 2.17. The van der Waals surface area contributed by atoms with Crippen molar-refractivity contribution in [3.8, 4) is 0 Å². The van der Waals surface area contributed by atoms with Crippen LogP contribution in [0.2, 0.25) is 5.02 Å². The van der Waals surface area contributed by atoms with Gasteiger partial charge in [-0.1, -0.05) is 35.9 Å². The molecular formula is C17H17ClFN. The molecule has 1 aliphatic carbocycles. The van der Waals surface area contributed by atoms with E-state index in [0.717, 1.165) is 12.0 Å². The average Bonchev–Trinajstić information content (AvgIpc) is 2.85. The van der Waals surface area contributed by atoms with Gasteiger partial charge in [0.15, 0.2) is 0 Å². The van der Waals surface area contributed by atoms with E-state index in [9.17, 15) is 4.39 Å². The zero-order valence-electron chi connectivity index (χ0n) is 11.2. The summed E-state index contributed by atoms with van der Waals surface area (Å²) in [5.41, 5.74) is 10.6. The normalized spacial score (nSPS) is 15.2. The lowest BCUT2D eigenvalue weighted by Crippen LogP contribution is -2.15. The molecule has 2 N–H and O–H groups in total. The summed E-state index contributed by atoms with van der Waals surface area (Å²) < 4.78 is 13.9. The molecule has 2 aromatic carbocycles. The maximum atomic E-state index is 13.9. The summed E-state index contributed by atoms with van der Waals surface area (Å²) in [5.74, 6) is -0.328. The number of hydrogen-bond acceptors (Lipinski definition) is 1. The van der Waals surface area contributed by atoms with Crippen molar-refractivity contribution in [2.75, 3.05) is 0 Å². The van der Waals surface area contributed by atoms with Gasteiger partial charge in [-0.2, -0.15) is 0 Å². The van der Waals surface area contributed by atoms with Gasteiger partial charge in [-0.05, 0) is 54.5 Å². The lowest BCUT2D eigenvalue weighted by molar-refractivity contribution is 0.580. The maximum Gasteiger partial charge on any atom is 0.129 e. The third kappa shape index (κ3) is 2.58. The van der Waals surface area contributed by atoms with Gasteiger partial charge in [-0.25, -0.2) is 4.39 Å². The minimum absolute atomic E-state index is 0.328. The molecule has 0 radical (unpaired) electrons. The molecule has 0 amide bonds. The van der Waals surface area contributed by atoms with E-state index < -0.39 is 6.04 Å². The number of aryl methyl sites for hydroxylation is 2. The Kier molecular flexibility index (Phi) is 3.77. The van der Waals surface area contributed by atoms with Gasteiger partial charge in [-0.3, -0.25) is 0 Å². The molecule has 1 unspecified atom stereocenters. The summed E-state index contributed by atoms with van der Waals surface area (Å²) in [6.45, 7) is 0. The molecule has 0 saturated heterocycles. The Morgan fingerprint density at radius 2 is 1.95 bits per heavy atom. The summed E-state index contributed by atoms with van der Waals surface area (Å²) in [7, 11) is 0. The molecule has 1 atom stereocenters. The molecule has 0 bridgehead atoms. The van der Waals surface area contributed by atoms with Crippen LogP contribution in [0, 0.1) is 5.82 Å². The minimum Gasteiger partial charge on any atom is -0.324 e. The largest absolute Gasteiger partial charge is 0.324 e. The minimum atomic E-state index is -0.414. The van der Waals surface area contributed by atoms with Gasteiger partial charge in [0.1, 0.15) is 5.82 Å². The van der Waals surface area contributed by atoms with Crippen molar-refractivity contribution < 1.29 is 4.39 Å². The Hall–Kier alpha value is -1.38. The number of fused-ring (bicyclic) bond motifs is 1. The van der Waals surface area contributed by atoms with Crippen molar-refractivity contribution >= 4 is 11.6 Å². The van der Waals surface area contributed by atoms with Crippen LogP contribution in [0.1, 0.15) is 34.7 Å². The molecule has 3 heteroatoms. The van der Waals surface area contributed by atoms with Gasteiger partial charge in [0, 0.05) is 16.6 Å².